The third-order valence-electron chi connectivity index (χ3n) is 3.50. The summed E-state index contributed by atoms with van der Waals surface area (Å²) in [5.41, 5.74) is 2.87. The van der Waals surface area contributed by atoms with Gasteiger partial charge in [0.1, 0.15) is 17.1 Å². The number of hydrogen-bond acceptors (Lipinski definition) is 3. The molecule has 104 valence electrons. The normalized spacial score (nSPS) is 11.8. The molecule has 1 N–H and O–H groups in total. The van der Waals surface area contributed by atoms with E-state index in [0.29, 0.717) is 5.92 Å². The molecule has 0 saturated heterocycles. The number of imidazole rings is 1. The summed E-state index contributed by atoms with van der Waals surface area (Å²) in [5.74, 6) is 1.89. The average molecular weight is 269 g/mol. The summed E-state index contributed by atoms with van der Waals surface area (Å²) in [5, 5.41) is 10.7. The van der Waals surface area contributed by atoms with Crippen molar-refractivity contribution in [1.82, 2.24) is 14.5 Å². The lowest BCUT2D eigenvalue weighted by Gasteiger charge is -2.12. The van der Waals surface area contributed by atoms with Crippen LogP contribution in [0.2, 0.25) is 0 Å². The average Bonchev–Trinajstić information content (AvgIpc) is 2.76. The van der Waals surface area contributed by atoms with Gasteiger partial charge in [0.15, 0.2) is 0 Å². The molecule has 20 heavy (non-hydrogen) atoms. The number of phenols is 1. The van der Waals surface area contributed by atoms with Crippen LogP contribution < -0.4 is 0 Å². The predicted octanol–water partition coefficient (Wildman–Crippen LogP) is 3.51. The number of aryl methyl sites for hydroxylation is 1. The van der Waals surface area contributed by atoms with E-state index in [1.807, 2.05) is 6.07 Å². The highest BCUT2D eigenvalue weighted by atomic mass is 16.3. The second kappa shape index (κ2) is 4.78. The fourth-order valence-electron chi connectivity index (χ4n) is 2.68. The van der Waals surface area contributed by atoms with Crippen molar-refractivity contribution >= 4 is 21.9 Å². The summed E-state index contributed by atoms with van der Waals surface area (Å²) in [6.45, 7) is 7.49. The number of hydrogen-bond donors (Lipinski definition) is 1. The minimum absolute atomic E-state index is 0.245. The molecule has 0 unspecified atom stereocenters. The van der Waals surface area contributed by atoms with Gasteiger partial charge < -0.3 is 9.67 Å². The molecule has 0 atom stereocenters. The van der Waals surface area contributed by atoms with E-state index >= 15 is 0 Å². The van der Waals surface area contributed by atoms with E-state index in [-0.39, 0.29) is 5.75 Å². The molecule has 2 aromatic heterocycles. The minimum Gasteiger partial charge on any atom is -0.508 e. The maximum atomic E-state index is 9.61. The maximum Gasteiger partial charge on any atom is 0.117 e. The van der Waals surface area contributed by atoms with Gasteiger partial charge in [0.05, 0.1) is 17.2 Å². The van der Waals surface area contributed by atoms with Gasteiger partial charge in [-0.3, -0.25) is 4.98 Å². The number of phenolic OH excluding ortho intramolecular Hbond substituents is 1. The fraction of sp³-hybridized carbons (Fsp3) is 0.375. The SMILES string of the molecule is CCc1nc2cnc3cc(O)ccc3c2n1CC(C)C. The molecule has 3 aromatic rings. The van der Waals surface area contributed by atoms with Crippen molar-refractivity contribution in [2.75, 3.05) is 0 Å². The Balaban J connectivity index is 2.38. The zero-order valence-electron chi connectivity index (χ0n) is 12.1. The van der Waals surface area contributed by atoms with E-state index in [9.17, 15) is 5.11 Å². The number of pyridine rings is 1. The lowest BCUT2D eigenvalue weighted by atomic mass is 10.1. The highest BCUT2D eigenvalue weighted by molar-refractivity contribution is 6.02. The van der Waals surface area contributed by atoms with Gasteiger partial charge in [-0.2, -0.15) is 0 Å². The van der Waals surface area contributed by atoms with Gasteiger partial charge in [0.2, 0.25) is 0 Å². The Labute approximate surface area is 118 Å². The first-order valence-corrected chi connectivity index (χ1v) is 7.07. The van der Waals surface area contributed by atoms with Crippen molar-refractivity contribution < 1.29 is 5.11 Å². The van der Waals surface area contributed by atoms with Crippen molar-refractivity contribution in [3.05, 3.63) is 30.2 Å². The molecule has 4 nitrogen and oxygen atoms in total. The van der Waals surface area contributed by atoms with Gasteiger partial charge in [-0.25, -0.2) is 4.98 Å². The zero-order valence-corrected chi connectivity index (χ0v) is 12.1. The minimum atomic E-state index is 0.245. The Kier molecular flexibility index (Phi) is 3.08. The molecular formula is C16H19N3O. The van der Waals surface area contributed by atoms with Crippen LogP contribution in [0.1, 0.15) is 26.6 Å². The lowest BCUT2D eigenvalue weighted by Crippen LogP contribution is -2.08. The molecule has 0 bridgehead atoms. The Bertz CT molecular complexity index is 774. The van der Waals surface area contributed by atoms with Gasteiger partial charge in [0.25, 0.3) is 0 Å². The van der Waals surface area contributed by atoms with Crippen LogP contribution in [0.5, 0.6) is 5.75 Å². The Morgan fingerprint density at radius 1 is 1.25 bits per heavy atom. The van der Waals surface area contributed by atoms with Crippen LogP contribution in [0.4, 0.5) is 0 Å². The third kappa shape index (κ3) is 2.01. The van der Waals surface area contributed by atoms with E-state index in [4.69, 9.17) is 4.98 Å². The van der Waals surface area contributed by atoms with Gasteiger partial charge in [-0.05, 0) is 18.1 Å². The molecule has 0 spiro atoms. The van der Waals surface area contributed by atoms with Crippen molar-refractivity contribution in [2.45, 2.75) is 33.7 Å². The Morgan fingerprint density at radius 3 is 2.75 bits per heavy atom. The monoisotopic (exact) mass is 269 g/mol. The van der Waals surface area contributed by atoms with Crippen LogP contribution in [0.25, 0.3) is 21.9 Å². The molecule has 3 rings (SSSR count). The summed E-state index contributed by atoms with van der Waals surface area (Å²) in [6.07, 6.45) is 2.70. The summed E-state index contributed by atoms with van der Waals surface area (Å²) in [7, 11) is 0. The van der Waals surface area contributed by atoms with Gasteiger partial charge >= 0.3 is 0 Å². The van der Waals surface area contributed by atoms with Gasteiger partial charge in [-0.1, -0.05) is 20.8 Å². The number of nitrogens with zero attached hydrogens (tertiary/aromatic N) is 3. The smallest absolute Gasteiger partial charge is 0.117 e. The van der Waals surface area contributed by atoms with Crippen molar-refractivity contribution in [2.24, 2.45) is 5.92 Å². The number of benzene rings is 1. The standard InChI is InChI=1S/C16H19N3O/c1-4-15-18-14-8-17-13-7-11(20)5-6-12(13)16(14)19(15)9-10(2)3/h5-8,10,20H,4,9H2,1-3H3. The first-order valence-electron chi connectivity index (χ1n) is 7.07. The first-order chi connectivity index (χ1) is 9.60. The molecule has 0 fully saturated rings. The molecule has 0 radical (unpaired) electrons. The number of aromatic nitrogens is 3. The molecular weight excluding hydrogens is 250 g/mol. The number of rotatable bonds is 3. The lowest BCUT2D eigenvalue weighted by molar-refractivity contribution is 0.476. The fourth-order valence-corrected chi connectivity index (χ4v) is 2.68. The van der Waals surface area contributed by atoms with Crippen LogP contribution in [-0.4, -0.2) is 19.6 Å². The van der Waals surface area contributed by atoms with E-state index in [1.54, 1.807) is 18.3 Å². The highest BCUT2D eigenvalue weighted by Gasteiger charge is 2.14. The topological polar surface area (TPSA) is 50.9 Å². The largest absolute Gasteiger partial charge is 0.508 e. The van der Waals surface area contributed by atoms with Crippen LogP contribution in [-0.2, 0) is 13.0 Å². The summed E-state index contributed by atoms with van der Waals surface area (Å²) >= 11 is 0. The second-order valence-electron chi connectivity index (χ2n) is 5.58. The van der Waals surface area contributed by atoms with Crippen LogP contribution in [0.15, 0.2) is 24.4 Å². The first kappa shape index (κ1) is 12.9. The molecule has 0 aliphatic carbocycles. The molecule has 4 heteroatoms. The molecule has 0 aliphatic heterocycles. The Morgan fingerprint density at radius 2 is 2.05 bits per heavy atom. The van der Waals surface area contributed by atoms with E-state index in [0.717, 1.165) is 40.7 Å². The summed E-state index contributed by atoms with van der Waals surface area (Å²) in [4.78, 5) is 9.10. The second-order valence-corrected chi connectivity index (χ2v) is 5.58. The van der Waals surface area contributed by atoms with Crippen LogP contribution >= 0.6 is 0 Å². The molecule has 1 aromatic carbocycles. The highest BCUT2D eigenvalue weighted by Crippen LogP contribution is 2.28. The van der Waals surface area contributed by atoms with Crippen molar-refractivity contribution in [1.29, 1.82) is 0 Å². The van der Waals surface area contributed by atoms with E-state index < -0.39 is 0 Å². The molecule has 0 aliphatic rings. The van der Waals surface area contributed by atoms with Gasteiger partial charge in [-0.15, -0.1) is 0 Å². The van der Waals surface area contributed by atoms with E-state index in [2.05, 4.69) is 30.3 Å². The summed E-state index contributed by atoms with van der Waals surface area (Å²) < 4.78 is 2.29. The third-order valence-corrected chi connectivity index (χ3v) is 3.50. The predicted molar refractivity (Wildman–Crippen MR) is 80.9 cm³/mol. The van der Waals surface area contributed by atoms with Crippen LogP contribution in [0.3, 0.4) is 0 Å². The van der Waals surface area contributed by atoms with Crippen LogP contribution in [0, 0.1) is 5.92 Å². The van der Waals surface area contributed by atoms with E-state index in [1.165, 1.54) is 0 Å². The maximum absolute atomic E-state index is 9.61. The molecule has 0 amide bonds. The molecule has 2 heterocycles. The quantitative estimate of drug-likeness (QED) is 0.791. The van der Waals surface area contributed by atoms with Crippen molar-refractivity contribution in [3.8, 4) is 5.75 Å². The number of fused-ring (bicyclic) bond motifs is 3. The summed E-state index contributed by atoms with van der Waals surface area (Å²) in [6, 6.07) is 5.34. The Hall–Kier alpha value is -2.10. The van der Waals surface area contributed by atoms with Gasteiger partial charge in [0, 0.05) is 24.4 Å². The number of aromatic hydroxyl groups is 1. The zero-order chi connectivity index (χ0) is 14.3. The van der Waals surface area contributed by atoms with Crippen molar-refractivity contribution in [3.63, 3.8) is 0 Å². The molecule has 0 saturated carbocycles.